The molecule has 10 heteroatoms. The van der Waals surface area contributed by atoms with Crippen LogP contribution in [0.4, 0.5) is 5.82 Å². The van der Waals surface area contributed by atoms with Gasteiger partial charge in [-0.1, -0.05) is 30.0 Å². The van der Waals surface area contributed by atoms with Crippen molar-refractivity contribution in [3.8, 4) is 0 Å². The summed E-state index contributed by atoms with van der Waals surface area (Å²) in [4.78, 5) is 35.7. The summed E-state index contributed by atoms with van der Waals surface area (Å²) in [6.07, 6.45) is 4.86. The first-order valence-corrected chi connectivity index (χ1v) is 12.2. The van der Waals surface area contributed by atoms with Gasteiger partial charge in [-0.05, 0) is 50.6 Å². The molecule has 0 N–H and O–H groups in total. The van der Waals surface area contributed by atoms with E-state index in [1.54, 1.807) is 30.7 Å². The van der Waals surface area contributed by atoms with Gasteiger partial charge in [-0.25, -0.2) is 4.98 Å². The Kier molecular flexibility index (Phi) is 6.05. The number of hydrogen-bond acceptors (Lipinski definition) is 8. The Morgan fingerprint density at radius 1 is 1.21 bits per heavy atom. The van der Waals surface area contributed by atoms with Gasteiger partial charge in [0, 0.05) is 19.3 Å². The molecule has 2 fully saturated rings. The second-order valence-corrected chi connectivity index (χ2v) is 10.2. The average Bonchev–Trinajstić information content (AvgIpc) is 3.39. The maximum atomic E-state index is 13.7. The highest BCUT2D eigenvalue weighted by Gasteiger charge is 2.34. The minimum Gasteiger partial charge on any atom is -0.467 e. The number of carbonyl (C=O) groups excluding carboxylic acids is 1. The minimum absolute atomic E-state index is 0.0137. The topological polar surface area (TPSA) is 80.3 Å². The highest BCUT2D eigenvalue weighted by molar-refractivity contribution is 8.26. The lowest BCUT2D eigenvalue weighted by atomic mass is 10.1. The number of aryl methyl sites for hydroxylation is 1. The Hall–Kier alpha value is -2.95. The first-order chi connectivity index (χ1) is 16.3. The van der Waals surface area contributed by atoms with Crippen LogP contribution in [0.1, 0.15) is 30.7 Å². The van der Waals surface area contributed by atoms with Crippen LogP contribution in [-0.4, -0.2) is 49.8 Å². The van der Waals surface area contributed by atoms with Crippen molar-refractivity contribution in [3.05, 3.63) is 68.9 Å². The fraction of sp³-hybridized carbons (Fsp3) is 0.333. The highest BCUT2D eigenvalue weighted by Crippen LogP contribution is 2.35. The quantitative estimate of drug-likeness (QED) is 0.400. The molecule has 1 amide bonds. The number of fused-ring (bicyclic) bond motifs is 1. The SMILES string of the molecule is Cc1cccn2c(=O)c(/C=C3\SC(=S)N(Cc4ccco4)C3=O)c(N3C[C@@H](C)O[C@@H](C)C3)nc12. The fourth-order valence-corrected chi connectivity index (χ4v) is 5.58. The zero-order valence-corrected chi connectivity index (χ0v) is 20.7. The number of carbonyl (C=O) groups is 1. The summed E-state index contributed by atoms with van der Waals surface area (Å²) in [6.45, 7) is 7.37. The molecule has 0 saturated carbocycles. The molecule has 2 aliphatic rings. The van der Waals surface area contributed by atoms with E-state index in [2.05, 4.69) is 4.90 Å². The first-order valence-electron chi connectivity index (χ1n) is 11.0. The predicted molar refractivity (Wildman–Crippen MR) is 136 cm³/mol. The number of amides is 1. The van der Waals surface area contributed by atoms with Crippen LogP contribution in [0.25, 0.3) is 11.7 Å². The molecule has 34 heavy (non-hydrogen) atoms. The lowest BCUT2D eigenvalue weighted by Crippen LogP contribution is -2.46. The standard InChI is InChI=1S/C24H24N4O4S2/c1-14-6-4-8-27-20(14)25-21(26-11-15(2)32-16(3)12-26)18(22(27)29)10-19-23(30)28(24(33)34-19)13-17-7-5-9-31-17/h4-10,15-16H,11-13H2,1-3H3/b19-10-/t15-,16+. The van der Waals surface area contributed by atoms with Crippen LogP contribution in [-0.2, 0) is 16.1 Å². The predicted octanol–water partition coefficient (Wildman–Crippen LogP) is 3.61. The summed E-state index contributed by atoms with van der Waals surface area (Å²) >= 11 is 6.64. The van der Waals surface area contributed by atoms with Gasteiger partial charge >= 0.3 is 0 Å². The maximum absolute atomic E-state index is 13.7. The number of nitrogens with zero attached hydrogens (tertiary/aromatic N) is 4. The van der Waals surface area contributed by atoms with Crippen LogP contribution in [0.2, 0.25) is 0 Å². The van der Waals surface area contributed by atoms with Crippen LogP contribution in [0.15, 0.2) is 50.8 Å². The molecule has 3 aromatic rings. The van der Waals surface area contributed by atoms with E-state index in [1.165, 1.54) is 21.1 Å². The molecule has 2 saturated heterocycles. The second kappa shape index (κ2) is 9.01. The number of hydrogen-bond donors (Lipinski definition) is 0. The van der Waals surface area contributed by atoms with E-state index in [9.17, 15) is 9.59 Å². The van der Waals surface area contributed by atoms with Crippen LogP contribution in [0, 0.1) is 6.92 Å². The maximum Gasteiger partial charge on any atom is 0.267 e. The molecule has 3 aromatic heterocycles. The Morgan fingerprint density at radius 3 is 2.68 bits per heavy atom. The van der Waals surface area contributed by atoms with Gasteiger partial charge in [0.1, 0.15) is 21.5 Å². The van der Waals surface area contributed by atoms with Crippen LogP contribution in [0.5, 0.6) is 0 Å². The zero-order valence-electron chi connectivity index (χ0n) is 19.1. The molecule has 0 aromatic carbocycles. The summed E-state index contributed by atoms with van der Waals surface area (Å²) < 4.78 is 13.2. The summed E-state index contributed by atoms with van der Waals surface area (Å²) in [5.41, 5.74) is 1.62. The minimum atomic E-state index is -0.255. The van der Waals surface area contributed by atoms with E-state index in [4.69, 9.17) is 26.4 Å². The van der Waals surface area contributed by atoms with Gasteiger partial charge in [0.15, 0.2) is 0 Å². The number of anilines is 1. The first kappa shape index (κ1) is 22.8. The monoisotopic (exact) mass is 496 g/mol. The van der Waals surface area contributed by atoms with Crippen LogP contribution >= 0.6 is 24.0 Å². The molecule has 0 radical (unpaired) electrons. The summed E-state index contributed by atoms with van der Waals surface area (Å²) in [5.74, 6) is 0.935. The van der Waals surface area contributed by atoms with Crippen molar-refractivity contribution in [2.24, 2.45) is 0 Å². The van der Waals surface area contributed by atoms with Gasteiger partial charge in [0.2, 0.25) is 0 Å². The second-order valence-electron chi connectivity index (χ2n) is 8.55. The van der Waals surface area contributed by atoms with E-state index in [-0.39, 0.29) is 30.2 Å². The molecule has 5 rings (SSSR count). The van der Waals surface area contributed by atoms with Crippen molar-refractivity contribution in [1.82, 2.24) is 14.3 Å². The van der Waals surface area contributed by atoms with Gasteiger partial charge < -0.3 is 14.1 Å². The van der Waals surface area contributed by atoms with E-state index >= 15 is 0 Å². The third-order valence-electron chi connectivity index (χ3n) is 5.83. The average molecular weight is 497 g/mol. The molecule has 2 atom stereocenters. The van der Waals surface area contributed by atoms with Crippen molar-refractivity contribution in [2.75, 3.05) is 18.0 Å². The lowest BCUT2D eigenvalue weighted by Gasteiger charge is -2.36. The third kappa shape index (κ3) is 4.17. The lowest BCUT2D eigenvalue weighted by molar-refractivity contribution is -0.122. The molecule has 0 aliphatic carbocycles. The van der Waals surface area contributed by atoms with E-state index in [1.807, 2.05) is 32.9 Å². The molecule has 0 unspecified atom stereocenters. The molecular weight excluding hydrogens is 472 g/mol. The number of ether oxygens (including phenoxy) is 1. The molecule has 0 bridgehead atoms. The molecule has 176 valence electrons. The highest BCUT2D eigenvalue weighted by atomic mass is 32.2. The Labute approximate surface area is 206 Å². The van der Waals surface area contributed by atoms with E-state index < -0.39 is 0 Å². The van der Waals surface area contributed by atoms with Crippen molar-refractivity contribution in [2.45, 2.75) is 39.5 Å². The number of aromatic nitrogens is 2. The Bertz CT molecular complexity index is 1360. The normalized spacial score (nSPS) is 22.4. The summed E-state index contributed by atoms with van der Waals surface area (Å²) in [5, 5.41) is 0. The number of morpholine rings is 1. The van der Waals surface area contributed by atoms with Crippen LogP contribution < -0.4 is 10.5 Å². The van der Waals surface area contributed by atoms with Gasteiger partial charge in [-0.3, -0.25) is 18.9 Å². The number of pyridine rings is 1. The smallest absolute Gasteiger partial charge is 0.267 e. The summed E-state index contributed by atoms with van der Waals surface area (Å²) in [6, 6.07) is 7.30. The molecule has 5 heterocycles. The van der Waals surface area contributed by atoms with Crippen molar-refractivity contribution >= 4 is 51.7 Å². The largest absolute Gasteiger partial charge is 0.467 e. The number of thiocarbonyl (C=S) groups is 1. The third-order valence-corrected chi connectivity index (χ3v) is 7.20. The molecule has 8 nitrogen and oxygen atoms in total. The molecule has 2 aliphatic heterocycles. The van der Waals surface area contributed by atoms with Gasteiger partial charge in [0.05, 0.1) is 35.5 Å². The van der Waals surface area contributed by atoms with Crippen molar-refractivity contribution in [3.63, 3.8) is 0 Å². The number of rotatable bonds is 4. The Balaban J connectivity index is 1.61. The molecule has 0 spiro atoms. The molecular formula is C24H24N4O4S2. The van der Waals surface area contributed by atoms with Gasteiger partial charge in [-0.15, -0.1) is 0 Å². The van der Waals surface area contributed by atoms with E-state index in [0.29, 0.717) is 45.1 Å². The summed E-state index contributed by atoms with van der Waals surface area (Å²) in [7, 11) is 0. The van der Waals surface area contributed by atoms with Crippen molar-refractivity contribution < 1.29 is 13.9 Å². The fourth-order valence-electron chi connectivity index (χ4n) is 4.34. The van der Waals surface area contributed by atoms with Gasteiger partial charge in [-0.2, -0.15) is 0 Å². The number of furan rings is 1. The zero-order chi connectivity index (χ0) is 24.0. The van der Waals surface area contributed by atoms with E-state index in [0.717, 1.165) is 5.56 Å². The van der Waals surface area contributed by atoms with Gasteiger partial charge in [0.25, 0.3) is 11.5 Å². The number of thioether (sulfide) groups is 1. The van der Waals surface area contributed by atoms with Crippen molar-refractivity contribution in [1.29, 1.82) is 0 Å². The van der Waals surface area contributed by atoms with Crippen LogP contribution in [0.3, 0.4) is 0 Å². The Morgan fingerprint density at radius 2 is 1.97 bits per heavy atom.